The average molecular weight is 580 g/mol. The van der Waals surface area contributed by atoms with Crippen LogP contribution in [-0.2, 0) is 16.0 Å². The lowest BCUT2D eigenvalue weighted by Gasteiger charge is -2.26. The molecule has 0 saturated heterocycles. The summed E-state index contributed by atoms with van der Waals surface area (Å²) in [4.78, 5) is 26.1. The summed E-state index contributed by atoms with van der Waals surface area (Å²) in [6.45, 7) is 0.240. The van der Waals surface area contributed by atoms with Gasteiger partial charge >= 0.3 is 12.3 Å². The van der Waals surface area contributed by atoms with Crippen molar-refractivity contribution in [1.29, 1.82) is 0 Å². The summed E-state index contributed by atoms with van der Waals surface area (Å²) in [7, 11) is 1.42. The van der Waals surface area contributed by atoms with E-state index in [1.165, 1.54) is 54.5 Å². The molecule has 1 heterocycles. The number of carbonyl (C=O) groups is 2. The van der Waals surface area contributed by atoms with Crippen LogP contribution in [0.25, 0.3) is 0 Å². The molecule has 0 fully saturated rings. The fourth-order valence-corrected chi connectivity index (χ4v) is 4.30. The van der Waals surface area contributed by atoms with E-state index in [0.29, 0.717) is 28.5 Å². The summed E-state index contributed by atoms with van der Waals surface area (Å²) in [6.07, 6.45) is -4.36. The Bertz CT molecular complexity index is 1420. The van der Waals surface area contributed by atoms with Crippen molar-refractivity contribution in [1.82, 2.24) is 0 Å². The Hall–Kier alpha value is -4.12. The molecule has 2 N–H and O–H groups in total. The van der Waals surface area contributed by atoms with Crippen LogP contribution in [0.15, 0.2) is 60.7 Å². The monoisotopic (exact) mass is 579 g/mol. The van der Waals surface area contributed by atoms with Crippen molar-refractivity contribution in [2.24, 2.45) is 0 Å². The predicted octanol–water partition coefficient (Wildman–Crippen LogP) is 6.23. The van der Waals surface area contributed by atoms with Crippen LogP contribution in [-0.4, -0.2) is 43.6 Å². The second kappa shape index (κ2) is 12.4. The number of rotatable bonds is 11. The number of methoxy groups -OCH3 is 1. The van der Waals surface area contributed by atoms with Crippen LogP contribution in [0, 0.1) is 0 Å². The van der Waals surface area contributed by atoms with E-state index in [2.05, 4.69) is 10.1 Å². The van der Waals surface area contributed by atoms with E-state index in [1.807, 2.05) is 0 Å². The summed E-state index contributed by atoms with van der Waals surface area (Å²) < 4.78 is 63.0. The van der Waals surface area contributed by atoms with Gasteiger partial charge in [0, 0.05) is 47.9 Å². The minimum atomic E-state index is -4.91. The van der Waals surface area contributed by atoms with Crippen molar-refractivity contribution in [3.05, 3.63) is 76.8 Å². The number of alkyl halides is 3. The number of hydrogen-bond donors (Lipinski definition) is 2. The van der Waals surface area contributed by atoms with Crippen LogP contribution in [0.4, 0.5) is 24.5 Å². The topological polar surface area (TPSA) is 97.3 Å². The highest BCUT2D eigenvalue weighted by atomic mass is 35.5. The van der Waals surface area contributed by atoms with Gasteiger partial charge in [-0.3, -0.25) is 9.59 Å². The minimum absolute atomic E-state index is 0.0803. The van der Waals surface area contributed by atoms with E-state index < -0.39 is 30.0 Å². The molecule has 1 amide bonds. The molecule has 212 valence electrons. The third-order valence-electron chi connectivity index (χ3n) is 5.97. The van der Waals surface area contributed by atoms with Crippen molar-refractivity contribution >= 4 is 34.9 Å². The van der Waals surface area contributed by atoms with Gasteiger partial charge in [0.1, 0.15) is 23.3 Å². The number of nitrogens with one attached hydrogen (secondary N) is 1. The average Bonchev–Trinajstić information content (AvgIpc) is 3.33. The highest BCUT2D eigenvalue weighted by Crippen LogP contribution is 2.37. The first-order valence-corrected chi connectivity index (χ1v) is 12.5. The van der Waals surface area contributed by atoms with Gasteiger partial charge in [0.25, 0.3) is 5.91 Å². The number of anilines is 2. The van der Waals surface area contributed by atoms with E-state index in [0.717, 1.165) is 6.07 Å². The second-order valence-electron chi connectivity index (χ2n) is 8.79. The zero-order chi connectivity index (χ0) is 29.8. The largest absolute Gasteiger partial charge is 0.573 e. The predicted molar refractivity (Wildman–Crippen MR) is 142 cm³/mol. The van der Waals surface area contributed by atoms with Crippen LogP contribution >= 0.6 is 11.6 Å². The molecule has 1 unspecified atom stereocenters. The Balaban J connectivity index is 1.69. The molecule has 1 atom stereocenters. The lowest BCUT2D eigenvalue weighted by Crippen LogP contribution is -2.37. The molecule has 12 heteroatoms. The third-order valence-corrected chi connectivity index (χ3v) is 6.22. The highest BCUT2D eigenvalue weighted by Gasteiger charge is 2.34. The van der Waals surface area contributed by atoms with E-state index in [1.54, 1.807) is 12.1 Å². The maximum atomic E-state index is 14.1. The number of carboxylic acids is 1. The zero-order valence-corrected chi connectivity index (χ0v) is 22.0. The molecule has 8 nitrogen and oxygen atoms in total. The van der Waals surface area contributed by atoms with Gasteiger partial charge in [-0.2, -0.15) is 0 Å². The maximum Gasteiger partial charge on any atom is 0.573 e. The lowest BCUT2D eigenvalue weighted by atomic mass is 10.0. The Kier molecular flexibility index (Phi) is 8.49. The second-order valence-corrected chi connectivity index (χ2v) is 9.23. The summed E-state index contributed by atoms with van der Waals surface area (Å²) in [5.74, 6) is -1.54. The number of carbonyl (C=O) groups excluding carboxylic acids is 1. The molecule has 0 aliphatic carbocycles. The quantitative estimate of drug-likeness (QED) is 0.260. The van der Waals surface area contributed by atoms with Crippen molar-refractivity contribution < 1.29 is 43.4 Å². The Morgan fingerprint density at radius 2 is 1.82 bits per heavy atom. The summed E-state index contributed by atoms with van der Waals surface area (Å²) in [6, 6.07) is 12.3. The number of nitrogens with zero attached hydrogens (tertiary/aromatic N) is 1. The van der Waals surface area contributed by atoms with E-state index in [-0.39, 0.29) is 42.9 Å². The normalized spacial score (nSPS) is 14.5. The highest BCUT2D eigenvalue weighted by molar-refractivity contribution is 6.30. The number of amides is 1. The van der Waals surface area contributed by atoms with Crippen LogP contribution < -0.4 is 24.4 Å². The minimum Gasteiger partial charge on any atom is -0.497 e. The molecule has 0 bridgehead atoms. The Morgan fingerprint density at radius 3 is 2.50 bits per heavy atom. The first-order chi connectivity index (χ1) is 19.4. The van der Waals surface area contributed by atoms with Gasteiger partial charge in [0.05, 0.1) is 20.8 Å². The number of aliphatic carboxylic acids is 1. The molecule has 3 aromatic rings. The van der Waals surface area contributed by atoms with Crippen molar-refractivity contribution in [3.8, 4) is 17.2 Å². The molecule has 0 spiro atoms. The van der Waals surface area contributed by atoms with Gasteiger partial charge in [-0.15, -0.1) is 13.2 Å². The zero-order valence-electron chi connectivity index (χ0n) is 22.3. The van der Waals surface area contributed by atoms with Gasteiger partial charge in [-0.05, 0) is 42.2 Å². The van der Waals surface area contributed by atoms with Gasteiger partial charge in [-0.25, -0.2) is 0 Å². The van der Waals surface area contributed by atoms with Crippen LogP contribution in [0.1, 0.15) is 31.4 Å². The number of ether oxygens (including phenoxy) is 3. The van der Waals surface area contributed by atoms with Crippen molar-refractivity contribution in [3.63, 3.8) is 0 Å². The van der Waals surface area contributed by atoms with Gasteiger partial charge in [0.15, 0.2) is 0 Å². The molecule has 40 heavy (non-hydrogen) atoms. The molecule has 0 saturated carbocycles. The fraction of sp³-hybridized carbons (Fsp3) is 0.286. The van der Waals surface area contributed by atoms with Crippen molar-refractivity contribution in [2.45, 2.75) is 31.6 Å². The molecule has 3 aromatic carbocycles. The first-order valence-electron chi connectivity index (χ1n) is 12.7. The molecule has 4 rings (SSSR count). The summed E-state index contributed by atoms with van der Waals surface area (Å²) >= 11 is 6.05. The molecule has 0 aromatic heterocycles. The standard InChI is InChI=1S/C28H26ClF3N2O6/c1-38-22-13-20(14-23(15-22)39-12-2-3-25(35)36)33-26(18-4-7-19(29)8-5-18)27(37)34-11-10-17-6-9-21(16-24(17)34)40-28(30,31)32/h4-9,13-16,26,33H,2-3,10-12H2,1H3,(H,35,36)/i26D. The lowest BCUT2D eigenvalue weighted by molar-refractivity contribution is -0.274. The smallest absolute Gasteiger partial charge is 0.497 e. The van der Waals surface area contributed by atoms with E-state index in [9.17, 15) is 24.1 Å². The van der Waals surface area contributed by atoms with Crippen LogP contribution in [0.2, 0.25) is 5.02 Å². The number of halogens is 4. The number of fused-ring (bicyclic) bond motifs is 1. The van der Waals surface area contributed by atoms with E-state index in [4.69, 9.17) is 26.2 Å². The molecular formula is C28H26ClF3N2O6. The SMILES string of the molecule is [2H]C(Nc1cc(OC)cc(OCCCC(=O)O)c1)(C(=O)N1CCc2ccc(OC(F)(F)F)cc21)c1ccc(Cl)cc1. The van der Waals surface area contributed by atoms with Crippen LogP contribution in [0.3, 0.4) is 0 Å². The van der Waals surface area contributed by atoms with E-state index >= 15 is 0 Å². The Labute approximate surface area is 234 Å². The van der Waals surface area contributed by atoms with Gasteiger partial charge in [0.2, 0.25) is 0 Å². The van der Waals surface area contributed by atoms with Crippen molar-refractivity contribution in [2.75, 3.05) is 30.5 Å². The summed E-state index contributed by atoms with van der Waals surface area (Å²) in [5, 5.41) is 12.2. The number of hydrogen-bond acceptors (Lipinski definition) is 6. The molecule has 1 aliphatic heterocycles. The molecule has 1 aliphatic rings. The number of carboxylic acid groups (broad SMARTS) is 1. The number of benzene rings is 3. The first kappa shape index (κ1) is 27.4. The third kappa shape index (κ3) is 7.50. The fourth-order valence-electron chi connectivity index (χ4n) is 4.17. The van der Waals surface area contributed by atoms with Crippen LogP contribution in [0.5, 0.6) is 17.2 Å². The summed E-state index contributed by atoms with van der Waals surface area (Å²) in [5.41, 5.74) is 1.32. The van der Waals surface area contributed by atoms with Gasteiger partial charge < -0.3 is 29.5 Å². The maximum absolute atomic E-state index is 14.1. The Morgan fingerprint density at radius 1 is 1.10 bits per heavy atom. The molecular weight excluding hydrogens is 553 g/mol. The molecule has 0 radical (unpaired) electrons. The van der Waals surface area contributed by atoms with Gasteiger partial charge in [-0.1, -0.05) is 29.8 Å².